The number of aromatic nitrogens is 2. The van der Waals surface area contributed by atoms with Crippen molar-refractivity contribution in [3.8, 4) is 11.6 Å². The summed E-state index contributed by atoms with van der Waals surface area (Å²) in [5, 5.41) is 13.1. The number of rotatable bonds is 10. The summed E-state index contributed by atoms with van der Waals surface area (Å²) >= 11 is 1.09. The van der Waals surface area contributed by atoms with E-state index in [9.17, 15) is 9.90 Å². The number of ether oxygens (including phenoxy) is 1. The van der Waals surface area contributed by atoms with Crippen LogP contribution < -0.4 is 9.61 Å². The van der Waals surface area contributed by atoms with Crippen LogP contribution in [0.4, 0.5) is 0 Å². The molecule has 0 aliphatic rings. The first-order valence-electron chi connectivity index (χ1n) is 15.0. The number of H-pyrrole nitrogens is 1. The van der Waals surface area contributed by atoms with Gasteiger partial charge in [0.15, 0.2) is 0 Å². The first-order valence-corrected chi connectivity index (χ1v) is 15.8. The first kappa shape index (κ1) is 28.4. The average Bonchev–Trinajstić information content (AvgIpc) is 3.63. The van der Waals surface area contributed by atoms with E-state index >= 15 is 0 Å². The number of aromatic hydroxyl groups is 1. The third-order valence-corrected chi connectivity index (χ3v) is 9.30. The molecule has 0 amide bonds. The van der Waals surface area contributed by atoms with E-state index in [1.807, 2.05) is 134 Å². The van der Waals surface area contributed by atoms with Gasteiger partial charge in [-0.3, -0.25) is 9.36 Å². The van der Waals surface area contributed by atoms with Gasteiger partial charge in [0.2, 0.25) is 5.88 Å². The summed E-state index contributed by atoms with van der Waals surface area (Å²) in [6.07, 6.45) is 3.26. The predicted octanol–water partition coefficient (Wildman–Crippen LogP) is 8.15. The van der Waals surface area contributed by atoms with Gasteiger partial charge in [0.25, 0.3) is 0 Å². The highest BCUT2D eigenvalue weighted by atomic mass is 32.1. The van der Waals surface area contributed by atoms with Crippen LogP contribution in [0.5, 0.6) is 11.6 Å². The second-order valence-corrected chi connectivity index (χ2v) is 12.1. The second-order valence-electron chi connectivity index (χ2n) is 11.0. The molecule has 45 heavy (non-hydrogen) atoms. The number of nitrogens with one attached hydrogen (secondary N) is 1. The molecular weight excluding hydrogens is 577 g/mol. The van der Waals surface area contributed by atoms with Crippen molar-refractivity contribution in [3.05, 3.63) is 188 Å². The molecule has 5 aromatic carbocycles. The molecule has 0 unspecified atom stereocenters. The molecule has 7 aromatic rings. The molecule has 222 valence electrons. The van der Waals surface area contributed by atoms with E-state index in [0.29, 0.717) is 17.9 Å². The fourth-order valence-electron chi connectivity index (χ4n) is 6.25. The minimum atomic E-state index is -1.07. The Kier molecular flexibility index (Phi) is 7.80. The largest absolute Gasteiger partial charge is 0.494 e. The number of hydrogen-bond acceptors (Lipinski definition) is 4. The zero-order valence-corrected chi connectivity index (χ0v) is 25.4. The van der Waals surface area contributed by atoms with Crippen molar-refractivity contribution in [2.45, 2.75) is 18.4 Å². The van der Waals surface area contributed by atoms with Crippen LogP contribution in [0.15, 0.2) is 151 Å². The van der Waals surface area contributed by atoms with Crippen LogP contribution in [-0.4, -0.2) is 21.3 Å². The Morgan fingerprint density at radius 1 is 0.711 bits per heavy atom. The lowest BCUT2D eigenvalue weighted by Crippen LogP contribution is -2.42. The van der Waals surface area contributed by atoms with Crippen LogP contribution in [-0.2, 0) is 18.4 Å². The van der Waals surface area contributed by atoms with Crippen molar-refractivity contribution < 1.29 is 9.84 Å². The first-order chi connectivity index (χ1) is 22.1. The van der Waals surface area contributed by atoms with Crippen LogP contribution in [0.3, 0.4) is 0 Å². The molecule has 0 aliphatic heterocycles. The van der Waals surface area contributed by atoms with Crippen LogP contribution in [0.2, 0.25) is 0 Å². The minimum absolute atomic E-state index is 0.0272. The van der Waals surface area contributed by atoms with E-state index < -0.39 is 5.54 Å². The maximum absolute atomic E-state index is 14.0. The SMILES string of the molecule is O=c1sc(Cc2ccc(OCCc3c[nH]c4ccccc34)cc2)c(O)n1C(c1ccccc1)(c1ccccc1)c1ccccc1. The smallest absolute Gasteiger partial charge is 0.311 e. The monoisotopic (exact) mass is 608 g/mol. The molecule has 0 saturated carbocycles. The molecule has 0 radical (unpaired) electrons. The predicted molar refractivity (Wildman–Crippen MR) is 182 cm³/mol. The lowest BCUT2D eigenvalue weighted by atomic mass is 9.76. The van der Waals surface area contributed by atoms with E-state index in [0.717, 1.165) is 51.3 Å². The molecular formula is C39H32N2O3S. The third-order valence-electron chi connectivity index (χ3n) is 8.37. The van der Waals surface area contributed by atoms with E-state index in [2.05, 4.69) is 17.1 Å². The molecule has 0 saturated heterocycles. The summed E-state index contributed by atoms with van der Waals surface area (Å²) in [4.78, 5) is 17.7. The summed E-state index contributed by atoms with van der Waals surface area (Å²) in [6.45, 7) is 0.562. The summed E-state index contributed by atoms with van der Waals surface area (Å²) in [7, 11) is 0. The number of para-hydroxylation sites is 1. The van der Waals surface area contributed by atoms with Gasteiger partial charge >= 0.3 is 4.87 Å². The Balaban J connectivity index is 1.19. The molecule has 0 atom stereocenters. The van der Waals surface area contributed by atoms with Gasteiger partial charge in [-0.25, -0.2) is 0 Å². The van der Waals surface area contributed by atoms with Crippen LogP contribution in [0.25, 0.3) is 10.9 Å². The van der Waals surface area contributed by atoms with Crippen molar-refractivity contribution in [1.29, 1.82) is 0 Å². The fourth-order valence-corrected chi connectivity index (χ4v) is 7.20. The van der Waals surface area contributed by atoms with Gasteiger partial charge in [0.05, 0.1) is 11.5 Å². The second kappa shape index (κ2) is 12.3. The zero-order chi connectivity index (χ0) is 30.6. The van der Waals surface area contributed by atoms with Gasteiger partial charge in [-0.05, 0) is 46.0 Å². The summed E-state index contributed by atoms with van der Waals surface area (Å²) in [5.41, 5.74) is 4.93. The lowest BCUT2D eigenvalue weighted by molar-refractivity contribution is 0.322. The average molecular weight is 609 g/mol. The van der Waals surface area contributed by atoms with E-state index in [1.165, 1.54) is 10.9 Å². The highest BCUT2D eigenvalue weighted by Crippen LogP contribution is 2.43. The fraction of sp³-hybridized carbons (Fsp3) is 0.103. The third kappa shape index (κ3) is 5.34. The molecule has 2 aromatic heterocycles. The number of fused-ring (bicyclic) bond motifs is 1. The maximum Gasteiger partial charge on any atom is 0.311 e. The van der Waals surface area contributed by atoms with Crippen molar-refractivity contribution in [2.24, 2.45) is 0 Å². The van der Waals surface area contributed by atoms with Crippen LogP contribution in [0.1, 0.15) is 32.7 Å². The molecule has 6 heteroatoms. The quantitative estimate of drug-likeness (QED) is 0.154. The summed E-state index contributed by atoms with van der Waals surface area (Å²) < 4.78 is 7.62. The van der Waals surface area contributed by atoms with Crippen molar-refractivity contribution in [1.82, 2.24) is 9.55 Å². The molecule has 5 nitrogen and oxygen atoms in total. The lowest BCUT2D eigenvalue weighted by Gasteiger charge is -2.37. The van der Waals surface area contributed by atoms with Crippen molar-refractivity contribution >= 4 is 22.2 Å². The van der Waals surface area contributed by atoms with Crippen molar-refractivity contribution in [3.63, 3.8) is 0 Å². The Labute approximate surface area is 265 Å². The van der Waals surface area contributed by atoms with Crippen LogP contribution >= 0.6 is 11.3 Å². The standard InChI is InChI=1S/C39H32N2O3S/c42-37-36(26-28-20-22-33(23-21-28)44-25-24-29-27-40-35-19-11-10-18-34(29)35)45-38(43)41(37)39(30-12-4-1-5-13-30,31-14-6-2-7-15-31)32-16-8-3-9-17-32/h1-23,27,40,42H,24-26H2. The summed E-state index contributed by atoms with van der Waals surface area (Å²) in [5.74, 6) is 0.755. The Morgan fingerprint density at radius 3 is 1.87 bits per heavy atom. The Bertz CT molecular complexity index is 1980. The van der Waals surface area contributed by atoms with Gasteiger partial charge in [0, 0.05) is 29.9 Å². The molecule has 0 bridgehead atoms. The zero-order valence-electron chi connectivity index (χ0n) is 24.6. The number of benzene rings is 5. The molecule has 2 heterocycles. The molecule has 7 rings (SSSR count). The maximum atomic E-state index is 14.0. The van der Waals surface area contributed by atoms with E-state index in [-0.39, 0.29) is 10.8 Å². The van der Waals surface area contributed by atoms with Gasteiger partial charge in [-0.15, -0.1) is 0 Å². The van der Waals surface area contributed by atoms with Gasteiger partial charge in [-0.1, -0.05) is 133 Å². The molecule has 2 N–H and O–H groups in total. The normalized spacial score (nSPS) is 11.6. The molecule has 0 fully saturated rings. The number of aromatic amines is 1. The number of hydrogen-bond donors (Lipinski definition) is 2. The molecule has 0 aliphatic carbocycles. The highest BCUT2D eigenvalue weighted by Gasteiger charge is 2.42. The van der Waals surface area contributed by atoms with Gasteiger partial charge in [0.1, 0.15) is 11.3 Å². The van der Waals surface area contributed by atoms with Crippen LogP contribution in [0, 0.1) is 0 Å². The highest BCUT2D eigenvalue weighted by molar-refractivity contribution is 7.09. The van der Waals surface area contributed by atoms with Gasteiger partial charge < -0.3 is 14.8 Å². The number of nitrogens with zero attached hydrogens (tertiary/aromatic N) is 1. The topological polar surface area (TPSA) is 67.2 Å². The van der Waals surface area contributed by atoms with Gasteiger partial charge in [-0.2, -0.15) is 0 Å². The minimum Gasteiger partial charge on any atom is -0.494 e. The van der Waals surface area contributed by atoms with E-state index in [1.54, 1.807) is 4.57 Å². The summed E-state index contributed by atoms with van der Waals surface area (Å²) in [6, 6.07) is 45.9. The van der Waals surface area contributed by atoms with Crippen molar-refractivity contribution in [2.75, 3.05) is 6.61 Å². The van der Waals surface area contributed by atoms with E-state index in [4.69, 9.17) is 4.74 Å². The number of thiazole rings is 1. The Morgan fingerprint density at radius 2 is 1.27 bits per heavy atom. The molecule has 0 spiro atoms. The Hall–Kier alpha value is -5.33.